The molecule has 0 heterocycles. The first-order valence-corrected chi connectivity index (χ1v) is 3.93. The zero-order valence-corrected chi connectivity index (χ0v) is 7.03. The van der Waals surface area contributed by atoms with Crippen molar-refractivity contribution in [3.8, 4) is 0 Å². The van der Waals surface area contributed by atoms with E-state index in [2.05, 4.69) is 5.32 Å². The Balaban J connectivity index is 3.32. The molecule has 0 aliphatic heterocycles. The minimum Gasteiger partial charge on any atom is -0.394 e. The highest BCUT2D eigenvalue weighted by Crippen LogP contribution is 1.84. The van der Waals surface area contributed by atoms with Gasteiger partial charge in [-0.2, -0.15) is 0 Å². The third-order valence-corrected chi connectivity index (χ3v) is 1.24. The third kappa shape index (κ3) is 6.23. The maximum atomic E-state index is 10.3. The molecule has 0 aromatic rings. The second-order valence-electron chi connectivity index (χ2n) is 2.26. The lowest BCUT2D eigenvalue weighted by atomic mass is 10.4. The maximum absolute atomic E-state index is 10.3. The highest BCUT2D eigenvalue weighted by Gasteiger charge is 2.04. The van der Waals surface area contributed by atoms with Crippen LogP contribution >= 0.6 is 0 Å². The molecule has 0 aromatic heterocycles. The van der Waals surface area contributed by atoms with Crippen molar-refractivity contribution in [2.24, 2.45) is 5.73 Å². The normalized spacial score (nSPS) is 12.8. The monoisotopic (exact) mass is 176 g/mol. The number of carbonyl (C=O) groups is 1. The van der Waals surface area contributed by atoms with E-state index >= 15 is 0 Å². The number of nitrogens with two attached hydrogens (primary N) is 1. The maximum Gasteiger partial charge on any atom is 0.150 e. The molecule has 5 nitrogen and oxygen atoms in total. The summed E-state index contributed by atoms with van der Waals surface area (Å²) in [6.07, 6.45) is 0.225. The molecule has 0 aliphatic carbocycles. The summed E-state index contributed by atoms with van der Waals surface area (Å²) in [5.41, 5.74) is 5.22. The minimum atomic E-state index is -0.483. The summed E-state index contributed by atoms with van der Waals surface area (Å²) < 4.78 is 4.97. The van der Waals surface area contributed by atoms with Crippen LogP contribution in [0.5, 0.6) is 0 Å². The fourth-order valence-electron chi connectivity index (χ4n) is 0.697. The second-order valence-corrected chi connectivity index (χ2v) is 2.26. The van der Waals surface area contributed by atoms with E-state index < -0.39 is 6.10 Å². The highest BCUT2D eigenvalue weighted by atomic mass is 16.5. The average Bonchev–Trinajstić information content (AvgIpc) is 2.11. The Morgan fingerprint density at radius 2 is 2.42 bits per heavy atom. The van der Waals surface area contributed by atoms with E-state index in [1.165, 1.54) is 0 Å². The van der Waals surface area contributed by atoms with Crippen molar-refractivity contribution < 1.29 is 14.6 Å². The molecule has 5 heteroatoms. The Kier molecular flexibility index (Phi) is 8.25. The SMILES string of the molecule is NCCNCC(C=O)OCCO. The highest BCUT2D eigenvalue weighted by molar-refractivity contribution is 5.56. The number of hydrogen-bond donors (Lipinski definition) is 3. The lowest BCUT2D eigenvalue weighted by molar-refractivity contribution is -0.118. The molecule has 0 amide bonds. The molecule has 0 saturated heterocycles. The zero-order chi connectivity index (χ0) is 9.23. The molecule has 0 spiro atoms. The summed E-state index contributed by atoms with van der Waals surface area (Å²) >= 11 is 0. The lowest BCUT2D eigenvalue weighted by Gasteiger charge is -2.10. The average molecular weight is 176 g/mol. The van der Waals surface area contributed by atoms with Gasteiger partial charge >= 0.3 is 0 Å². The van der Waals surface area contributed by atoms with Crippen molar-refractivity contribution in [1.82, 2.24) is 5.32 Å². The Morgan fingerprint density at radius 3 is 2.92 bits per heavy atom. The van der Waals surface area contributed by atoms with E-state index in [-0.39, 0.29) is 13.2 Å². The van der Waals surface area contributed by atoms with E-state index in [4.69, 9.17) is 15.6 Å². The van der Waals surface area contributed by atoms with Crippen LogP contribution in [0.2, 0.25) is 0 Å². The van der Waals surface area contributed by atoms with Gasteiger partial charge in [0, 0.05) is 19.6 Å². The molecule has 1 unspecified atom stereocenters. The Hall–Kier alpha value is -0.490. The molecule has 0 aliphatic rings. The van der Waals surface area contributed by atoms with E-state index in [1.54, 1.807) is 0 Å². The minimum absolute atomic E-state index is 0.0682. The van der Waals surface area contributed by atoms with Crippen LogP contribution in [0.15, 0.2) is 0 Å². The van der Waals surface area contributed by atoms with Crippen LogP contribution in [0.1, 0.15) is 0 Å². The van der Waals surface area contributed by atoms with Gasteiger partial charge < -0.3 is 25.7 Å². The number of nitrogens with one attached hydrogen (secondary N) is 1. The van der Waals surface area contributed by atoms with Crippen molar-refractivity contribution in [1.29, 1.82) is 0 Å². The fraction of sp³-hybridized carbons (Fsp3) is 0.857. The number of ether oxygens (including phenoxy) is 1. The van der Waals surface area contributed by atoms with Crippen LogP contribution < -0.4 is 11.1 Å². The molecule has 72 valence electrons. The Labute approximate surface area is 71.9 Å². The molecule has 0 radical (unpaired) electrons. The number of aliphatic hydroxyl groups excluding tert-OH is 1. The lowest BCUT2D eigenvalue weighted by Crippen LogP contribution is -2.33. The van der Waals surface area contributed by atoms with E-state index in [0.29, 0.717) is 25.9 Å². The quantitative estimate of drug-likeness (QED) is 0.297. The largest absolute Gasteiger partial charge is 0.394 e. The Bertz CT molecular complexity index is 111. The Morgan fingerprint density at radius 1 is 1.67 bits per heavy atom. The molecular formula is C7H16N2O3. The molecule has 1 atom stereocenters. The number of hydrogen-bond acceptors (Lipinski definition) is 5. The first kappa shape index (κ1) is 11.5. The number of rotatable bonds is 8. The van der Waals surface area contributed by atoms with E-state index in [1.807, 2.05) is 0 Å². The van der Waals surface area contributed by atoms with Crippen molar-refractivity contribution >= 4 is 6.29 Å². The van der Waals surface area contributed by atoms with Gasteiger partial charge in [-0.1, -0.05) is 0 Å². The predicted molar refractivity (Wildman–Crippen MR) is 44.8 cm³/mol. The van der Waals surface area contributed by atoms with Gasteiger partial charge in [0.05, 0.1) is 13.2 Å². The summed E-state index contributed by atoms with van der Waals surface area (Å²) in [7, 11) is 0. The molecule has 0 bridgehead atoms. The molecule has 12 heavy (non-hydrogen) atoms. The second kappa shape index (κ2) is 8.61. The van der Waals surface area contributed by atoms with Gasteiger partial charge in [-0.25, -0.2) is 0 Å². The van der Waals surface area contributed by atoms with Crippen LogP contribution in [-0.2, 0) is 9.53 Å². The van der Waals surface area contributed by atoms with Crippen molar-refractivity contribution in [3.05, 3.63) is 0 Å². The summed E-state index contributed by atoms with van der Waals surface area (Å²) in [5.74, 6) is 0. The van der Waals surface area contributed by atoms with Crippen LogP contribution in [0.4, 0.5) is 0 Å². The van der Waals surface area contributed by atoms with Crippen LogP contribution in [0.3, 0.4) is 0 Å². The first-order chi connectivity index (χ1) is 5.85. The molecular weight excluding hydrogens is 160 g/mol. The van der Waals surface area contributed by atoms with Gasteiger partial charge in [0.1, 0.15) is 12.4 Å². The molecule has 4 N–H and O–H groups in total. The summed E-state index contributed by atoms with van der Waals surface area (Å²) in [6.45, 7) is 1.76. The van der Waals surface area contributed by atoms with Crippen molar-refractivity contribution in [3.63, 3.8) is 0 Å². The molecule has 0 rings (SSSR count). The number of aliphatic hydroxyl groups is 1. The number of aldehydes is 1. The van der Waals surface area contributed by atoms with Gasteiger partial charge in [0.15, 0.2) is 0 Å². The van der Waals surface area contributed by atoms with Gasteiger partial charge in [-0.3, -0.25) is 0 Å². The smallest absolute Gasteiger partial charge is 0.150 e. The number of carbonyl (C=O) groups excluding carboxylic acids is 1. The summed E-state index contributed by atoms with van der Waals surface area (Å²) in [6, 6.07) is 0. The zero-order valence-electron chi connectivity index (χ0n) is 7.03. The molecule has 0 saturated carbocycles. The van der Waals surface area contributed by atoms with Crippen LogP contribution in [0, 0.1) is 0 Å². The molecule has 0 fully saturated rings. The topological polar surface area (TPSA) is 84.6 Å². The predicted octanol–water partition coefficient (Wildman–Crippen LogP) is -1.89. The van der Waals surface area contributed by atoms with E-state index in [0.717, 1.165) is 0 Å². The fourth-order valence-corrected chi connectivity index (χ4v) is 0.697. The van der Waals surface area contributed by atoms with Gasteiger partial charge in [-0.05, 0) is 0 Å². The third-order valence-electron chi connectivity index (χ3n) is 1.24. The first-order valence-electron chi connectivity index (χ1n) is 3.93. The summed E-state index contributed by atoms with van der Waals surface area (Å²) in [4.78, 5) is 10.3. The molecule has 0 aromatic carbocycles. The van der Waals surface area contributed by atoms with Gasteiger partial charge in [0.2, 0.25) is 0 Å². The van der Waals surface area contributed by atoms with Crippen molar-refractivity contribution in [2.45, 2.75) is 6.10 Å². The van der Waals surface area contributed by atoms with E-state index in [9.17, 15) is 4.79 Å². The van der Waals surface area contributed by atoms with Crippen LogP contribution in [-0.4, -0.2) is 50.3 Å². The van der Waals surface area contributed by atoms with Crippen LogP contribution in [0.25, 0.3) is 0 Å². The standard InChI is InChI=1S/C7H16N2O3/c8-1-2-9-5-7(6-11)12-4-3-10/h6-7,9-10H,1-5,8H2. The van der Waals surface area contributed by atoms with Crippen molar-refractivity contribution in [2.75, 3.05) is 32.8 Å². The summed E-state index contributed by atoms with van der Waals surface area (Å²) in [5, 5.41) is 11.3. The van der Waals surface area contributed by atoms with Gasteiger partial charge in [0.25, 0.3) is 0 Å². The van der Waals surface area contributed by atoms with Gasteiger partial charge in [-0.15, -0.1) is 0 Å².